The highest BCUT2D eigenvalue weighted by Crippen LogP contribution is 2.31. The summed E-state index contributed by atoms with van der Waals surface area (Å²) in [5.74, 6) is -0.641. The van der Waals surface area contributed by atoms with Crippen LogP contribution in [0.25, 0.3) is 11.4 Å². The minimum Gasteiger partial charge on any atom is -0.344 e. The molecule has 6 nitrogen and oxygen atoms in total. The second kappa shape index (κ2) is 9.91. The number of nitrogens with one attached hydrogen (secondary N) is 1. The number of aryl methyl sites for hydroxylation is 1. The predicted octanol–water partition coefficient (Wildman–Crippen LogP) is 4.78. The van der Waals surface area contributed by atoms with E-state index < -0.39 is 23.7 Å². The lowest BCUT2D eigenvalue weighted by Gasteiger charge is -2.17. The van der Waals surface area contributed by atoms with Crippen molar-refractivity contribution in [2.24, 2.45) is 0 Å². The number of carbonyl (C=O) groups excluding carboxylic acids is 1. The van der Waals surface area contributed by atoms with Crippen molar-refractivity contribution in [2.45, 2.75) is 39.9 Å². The second-order valence-electron chi connectivity index (χ2n) is 6.16. The quantitative estimate of drug-likeness (QED) is 0.661. The van der Waals surface area contributed by atoms with Crippen molar-refractivity contribution in [2.75, 3.05) is 0 Å². The van der Waals surface area contributed by atoms with Crippen molar-refractivity contribution < 1.29 is 18.0 Å². The van der Waals surface area contributed by atoms with Gasteiger partial charge in [-0.2, -0.15) is 13.2 Å². The third-order valence-electron chi connectivity index (χ3n) is 3.96. The van der Waals surface area contributed by atoms with Crippen molar-refractivity contribution in [1.82, 2.24) is 25.3 Å². The Morgan fingerprint density at radius 1 is 1.00 bits per heavy atom. The van der Waals surface area contributed by atoms with Gasteiger partial charge in [0.05, 0.1) is 23.5 Å². The number of carbonyl (C=O) groups is 1. The number of benzene rings is 1. The van der Waals surface area contributed by atoms with E-state index in [9.17, 15) is 18.0 Å². The Balaban J connectivity index is 0.00000155. The molecule has 1 amide bonds. The zero-order chi connectivity index (χ0) is 22.3. The Bertz CT molecular complexity index is 993. The van der Waals surface area contributed by atoms with Crippen LogP contribution in [0.1, 0.15) is 54.0 Å². The molecule has 0 saturated carbocycles. The average Bonchev–Trinajstić information content (AvgIpc) is 2.74. The van der Waals surface area contributed by atoms with E-state index in [1.807, 2.05) is 13.8 Å². The van der Waals surface area contributed by atoms with Gasteiger partial charge in [-0.05, 0) is 37.6 Å². The van der Waals surface area contributed by atoms with Crippen LogP contribution in [-0.4, -0.2) is 25.8 Å². The maximum Gasteiger partial charge on any atom is 0.416 e. The van der Waals surface area contributed by atoms with Gasteiger partial charge < -0.3 is 5.32 Å². The molecule has 30 heavy (non-hydrogen) atoms. The third-order valence-corrected chi connectivity index (χ3v) is 3.96. The van der Waals surface area contributed by atoms with Gasteiger partial charge in [0, 0.05) is 30.4 Å². The van der Waals surface area contributed by atoms with Crippen molar-refractivity contribution in [3.63, 3.8) is 0 Å². The van der Waals surface area contributed by atoms with Crippen molar-refractivity contribution >= 4 is 5.91 Å². The van der Waals surface area contributed by atoms with Crippen molar-refractivity contribution in [3.05, 3.63) is 71.6 Å². The van der Waals surface area contributed by atoms with E-state index >= 15 is 0 Å². The van der Waals surface area contributed by atoms with Gasteiger partial charge in [-0.1, -0.05) is 13.8 Å². The summed E-state index contributed by atoms with van der Waals surface area (Å²) in [6.45, 7) is 7.17. The number of amides is 1. The van der Waals surface area contributed by atoms with Gasteiger partial charge in [0.1, 0.15) is 11.4 Å². The first-order chi connectivity index (χ1) is 14.3. The highest BCUT2D eigenvalue weighted by molar-refractivity contribution is 5.95. The first-order valence-corrected chi connectivity index (χ1v) is 9.32. The topological polar surface area (TPSA) is 80.7 Å². The van der Waals surface area contributed by atoms with Crippen LogP contribution in [0.5, 0.6) is 0 Å². The van der Waals surface area contributed by atoms with Gasteiger partial charge >= 0.3 is 6.18 Å². The number of halogens is 3. The summed E-state index contributed by atoms with van der Waals surface area (Å²) in [7, 11) is 0. The van der Waals surface area contributed by atoms with Crippen LogP contribution in [0, 0.1) is 6.92 Å². The Morgan fingerprint density at radius 3 is 2.30 bits per heavy atom. The number of hydrogen-bond donors (Lipinski definition) is 1. The molecule has 1 aromatic carbocycles. The zero-order valence-electron chi connectivity index (χ0n) is 17.0. The molecule has 0 fully saturated rings. The molecule has 158 valence electrons. The fourth-order valence-electron chi connectivity index (χ4n) is 2.71. The van der Waals surface area contributed by atoms with Crippen LogP contribution in [0.2, 0.25) is 0 Å². The maximum absolute atomic E-state index is 13.0. The molecule has 0 spiro atoms. The van der Waals surface area contributed by atoms with Gasteiger partial charge in [-0.25, -0.2) is 0 Å². The van der Waals surface area contributed by atoms with Gasteiger partial charge in [-0.15, -0.1) is 0 Å². The third kappa shape index (κ3) is 5.59. The summed E-state index contributed by atoms with van der Waals surface area (Å²) in [6.07, 6.45) is 2.95. The lowest BCUT2D eigenvalue weighted by molar-refractivity contribution is -0.137. The second-order valence-corrected chi connectivity index (χ2v) is 6.16. The average molecular weight is 417 g/mol. The van der Waals surface area contributed by atoms with E-state index in [1.54, 1.807) is 6.92 Å². The SMILES string of the molecule is CC.Cc1cc(C(=O)NC(C)c2nccnc2-c2cnccn2)cc(C(F)(F)F)c1. The minimum absolute atomic E-state index is 0.0795. The smallest absolute Gasteiger partial charge is 0.344 e. The molecule has 0 aliphatic rings. The first-order valence-electron chi connectivity index (χ1n) is 9.32. The molecule has 0 aliphatic heterocycles. The van der Waals surface area contributed by atoms with E-state index in [2.05, 4.69) is 25.3 Å². The van der Waals surface area contributed by atoms with Crippen LogP contribution >= 0.6 is 0 Å². The summed E-state index contributed by atoms with van der Waals surface area (Å²) in [6, 6.07) is 2.61. The molecule has 1 N–H and O–H groups in total. The van der Waals surface area contributed by atoms with Crippen LogP contribution in [0.15, 0.2) is 49.2 Å². The van der Waals surface area contributed by atoms with E-state index in [0.717, 1.165) is 12.1 Å². The van der Waals surface area contributed by atoms with Crippen LogP contribution in [0.3, 0.4) is 0 Å². The molecular formula is C21H22F3N5O. The fourth-order valence-corrected chi connectivity index (χ4v) is 2.71. The Morgan fingerprint density at radius 2 is 1.67 bits per heavy atom. The molecule has 2 heterocycles. The molecule has 0 saturated heterocycles. The highest BCUT2D eigenvalue weighted by Gasteiger charge is 2.31. The summed E-state index contributed by atoms with van der Waals surface area (Å²) < 4.78 is 39.0. The molecule has 0 radical (unpaired) electrons. The number of aromatic nitrogens is 4. The van der Waals surface area contributed by atoms with Crippen molar-refractivity contribution in [1.29, 1.82) is 0 Å². The summed E-state index contributed by atoms with van der Waals surface area (Å²) in [5.41, 5.74) is 0.729. The van der Waals surface area contributed by atoms with E-state index in [-0.39, 0.29) is 5.56 Å². The molecule has 2 aromatic heterocycles. The van der Waals surface area contributed by atoms with E-state index in [0.29, 0.717) is 22.6 Å². The van der Waals surface area contributed by atoms with Crippen LogP contribution in [0.4, 0.5) is 13.2 Å². The largest absolute Gasteiger partial charge is 0.416 e. The van der Waals surface area contributed by atoms with E-state index in [1.165, 1.54) is 44.0 Å². The lowest BCUT2D eigenvalue weighted by atomic mass is 10.0. The lowest BCUT2D eigenvalue weighted by Crippen LogP contribution is -2.28. The van der Waals surface area contributed by atoms with Crippen LogP contribution in [-0.2, 0) is 6.18 Å². The van der Waals surface area contributed by atoms with Gasteiger partial charge in [0.25, 0.3) is 5.91 Å². The molecule has 3 rings (SSSR count). The molecular weight excluding hydrogens is 395 g/mol. The molecule has 9 heteroatoms. The number of hydrogen-bond acceptors (Lipinski definition) is 5. The normalized spacial score (nSPS) is 11.8. The maximum atomic E-state index is 13.0. The van der Waals surface area contributed by atoms with Crippen molar-refractivity contribution in [3.8, 4) is 11.4 Å². The monoisotopic (exact) mass is 417 g/mol. The Hall–Kier alpha value is -3.36. The number of alkyl halides is 3. The molecule has 1 unspecified atom stereocenters. The molecule has 0 aliphatic carbocycles. The molecule has 1 atom stereocenters. The molecule has 3 aromatic rings. The summed E-state index contributed by atoms with van der Waals surface area (Å²) in [5, 5.41) is 2.67. The zero-order valence-corrected chi connectivity index (χ0v) is 17.0. The Kier molecular flexibility index (Phi) is 7.57. The fraction of sp³-hybridized carbons (Fsp3) is 0.286. The highest BCUT2D eigenvalue weighted by atomic mass is 19.4. The van der Waals surface area contributed by atoms with Gasteiger partial charge in [0.15, 0.2) is 0 Å². The Labute approximate surface area is 172 Å². The summed E-state index contributed by atoms with van der Waals surface area (Å²) in [4.78, 5) is 29.2. The standard InChI is InChI=1S/C19H16F3N5O.C2H6/c1-11-7-13(9-14(8-11)19(20,21)22)18(28)27-12(2)16-17(26-6-5-25-16)15-10-23-3-4-24-15;1-2/h3-10,12H,1-2H3,(H,27,28);1-2H3. The van der Waals surface area contributed by atoms with E-state index in [4.69, 9.17) is 0 Å². The number of nitrogens with zero attached hydrogens (tertiary/aromatic N) is 4. The predicted molar refractivity (Wildman–Crippen MR) is 106 cm³/mol. The first kappa shape index (κ1) is 22.9. The van der Waals surface area contributed by atoms with Gasteiger partial charge in [-0.3, -0.25) is 24.7 Å². The van der Waals surface area contributed by atoms with Crippen LogP contribution < -0.4 is 5.32 Å². The number of rotatable bonds is 4. The molecule has 0 bridgehead atoms. The minimum atomic E-state index is -4.53. The van der Waals surface area contributed by atoms with Gasteiger partial charge in [0.2, 0.25) is 0 Å². The summed E-state index contributed by atoms with van der Waals surface area (Å²) >= 11 is 0.